The maximum absolute atomic E-state index is 14.5. The lowest BCUT2D eigenvalue weighted by atomic mass is 10.1. The van der Waals surface area contributed by atoms with Crippen molar-refractivity contribution in [1.29, 1.82) is 5.26 Å². The summed E-state index contributed by atoms with van der Waals surface area (Å²) in [5.74, 6) is -1.96. The summed E-state index contributed by atoms with van der Waals surface area (Å²) in [7, 11) is -1.75. The number of nitriles is 1. The normalized spacial score (nSPS) is 11.3. The van der Waals surface area contributed by atoms with Crippen LogP contribution >= 0.6 is 11.6 Å². The van der Waals surface area contributed by atoms with Crippen LogP contribution in [0.4, 0.5) is 4.39 Å². The molecule has 31 heavy (non-hydrogen) atoms. The van der Waals surface area contributed by atoms with E-state index in [0.717, 1.165) is 16.4 Å². The number of aromatic nitrogens is 1. The lowest BCUT2D eigenvalue weighted by Gasteiger charge is -2.14. The number of benzene rings is 1. The Morgan fingerprint density at radius 2 is 2.03 bits per heavy atom. The van der Waals surface area contributed by atoms with Crippen LogP contribution < -0.4 is 14.2 Å². The molecule has 0 aliphatic rings. The van der Waals surface area contributed by atoms with Gasteiger partial charge in [-0.15, -0.1) is 0 Å². The smallest absolute Gasteiger partial charge is 0.303 e. The van der Waals surface area contributed by atoms with Gasteiger partial charge in [0.25, 0.3) is 5.91 Å². The van der Waals surface area contributed by atoms with Gasteiger partial charge in [0.15, 0.2) is 0 Å². The molecule has 0 unspecified atom stereocenters. The zero-order valence-corrected chi connectivity index (χ0v) is 18.7. The molecule has 166 valence electrons. The van der Waals surface area contributed by atoms with Crippen LogP contribution in [0.15, 0.2) is 24.4 Å². The average molecular weight is 471 g/mol. The zero-order chi connectivity index (χ0) is 23.3. The molecule has 0 saturated heterocycles. The third kappa shape index (κ3) is 6.27. The van der Waals surface area contributed by atoms with E-state index in [1.165, 1.54) is 26.4 Å². The van der Waals surface area contributed by atoms with Crippen LogP contribution in [0.1, 0.15) is 29.8 Å². The molecule has 0 radical (unpaired) electrons. The van der Waals surface area contributed by atoms with E-state index in [9.17, 15) is 22.9 Å². The molecule has 0 fully saturated rings. The minimum Gasteiger partial charge on any atom is -0.476 e. The topological polar surface area (TPSA) is 122 Å². The second-order valence-electron chi connectivity index (χ2n) is 6.92. The minimum atomic E-state index is -4.14. The van der Waals surface area contributed by atoms with Crippen LogP contribution in [0.2, 0.25) is 5.02 Å². The van der Waals surface area contributed by atoms with E-state index in [1.807, 2.05) is 13.8 Å². The van der Waals surface area contributed by atoms with Gasteiger partial charge in [0.1, 0.15) is 28.4 Å². The number of ether oxygens (including phenoxy) is 2. The number of pyridine rings is 1. The van der Waals surface area contributed by atoms with Gasteiger partial charge in [0.05, 0.1) is 23.9 Å². The van der Waals surface area contributed by atoms with Gasteiger partial charge < -0.3 is 9.47 Å². The molecule has 1 N–H and O–H groups in total. The van der Waals surface area contributed by atoms with Gasteiger partial charge in [0, 0.05) is 26.2 Å². The quantitative estimate of drug-likeness (QED) is 0.628. The first-order valence-corrected chi connectivity index (χ1v) is 10.7. The Labute approximate surface area is 184 Å². The van der Waals surface area contributed by atoms with Crippen molar-refractivity contribution in [3.63, 3.8) is 0 Å². The van der Waals surface area contributed by atoms with Gasteiger partial charge in [-0.25, -0.2) is 14.1 Å². The standard InChI is InChI=1S/C19H20ClFN4O5S/c1-11(2)10-29-19-15(20)6-13(9-23-19)30-17-7-16(21)14(5-12(17)8-22)18(26)24-31(27,28)25(3)4/h5-7,9,11H,10H2,1-4H3,(H,24,26). The molecule has 0 spiro atoms. The molecule has 0 aliphatic heterocycles. The summed E-state index contributed by atoms with van der Waals surface area (Å²) in [5.41, 5.74) is -0.840. The van der Waals surface area contributed by atoms with Gasteiger partial charge in [0.2, 0.25) is 5.88 Å². The maximum Gasteiger partial charge on any atom is 0.303 e. The largest absolute Gasteiger partial charge is 0.476 e. The van der Waals surface area contributed by atoms with Crippen LogP contribution in [-0.4, -0.2) is 44.3 Å². The van der Waals surface area contributed by atoms with Crippen molar-refractivity contribution in [2.24, 2.45) is 5.92 Å². The summed E-state index contributed by atoms with van der Waals surface area (Å²) in [4.78, 5) is 16.2. The fraction of sp³-hybridized carbons (Fsp3) is 0.316. The molecular formula is C19H20ClFN4O5S. The number of hydrogen-bond acceptors (Lipinski definition) is 7. The third-order valence-electron chi connectivity index (χ3n) is 3.70. The van der Waals surface area contributed by atoms with Crippen LogP contribution in [0.5, 0.6) is 17.4 Å². The van der Waals surface area contributed by atoms with E-state index in [2.05, 4.69) is 4.98 Å². The molecule has 0 saturated carbocycles. The second kappa shape index (κ2) is 9.91. The Morgan fingerprint density at radius 3 is 2.58 bits per heavy atom. The van der Waals surface area contributed by atoms with Crippen LogP contribution in [0.3, 0.4) is 0 Å². The van der Waals surface area contributed by atoms with E-state index in [1.54, 1.807) is 10.8 Å². The maximum atomic E-state index is 14.5. The Kier molecular flexibility index (Phi) is 7.78. The van der Waals surface area contributed by atoms with Gasteiger partial charge in [-0.2, -0.15) is 18.0 Å². The molecule has 1 aromatic heterocycles. The van der Waals surface area contributed by atoms with Crippen molar-refractivity contribution in [2.75, 3.05) is 20.7 Å². The molecular weight excluding hydrogens is 451 g/mol. The van der Waals surface area contributed by atoms with Crippen LogP contribution in [-0.2, 0) is 10.2 Å². The van der Waals surface area contributed by atoms with E-state index >= 15 is 0 Å². The van der Waals surface area contributed by atoms with E-state index in [0.29, 0.717) is 6.61 Å². The molecule has 1 heterocycles. The molecule has 12 heteroatoms. The Bertz CT molecular complexity index is 1130. The number of nitrogens with zero attached hydrogens (tertiary/aromatic N) is 3. The van der Waals surface area contributed by atoms with Gasteiger partial charge >= 0.3 is 10.2 Å². The fourth-order valence-corrected chi connectivity index (χ4v) is 2.84. The predicted octanol–water partition coefficient (Wildman–Crippen LogP) is 3.11. The molecule has 2 aromatic rings. The van der Waals surface area contributed by atoms with E-state index < -0.39 is 27.5 Å². The summed E-state index contributed by atoms with van der Waals surface area (Å²) < 4.78 is 51.5. The molecule has 9 nitrogen and oxygen atoms in total. The highest BCUT2D eigenvalue weighted by Crippen LogP contribution is 2.32. The third-order valence-corrected chi connectivity index (χ3v) is 5.38. The minimum absolute atomic E-state index is 0.102. The summed E-state index contributed by atoms with van der Waals surface area (Å²) in [6, 6.07) is 4.84. The molecule has 1 aromatic carbocycles. The van der Waals surface area contributed by atoms with Crippen molar-refractivity contribution in [3.05, 3.63) is 46.4 Å². The van der Waals surface area contributed by atoms with Crippen molar-refractivity contribution in [1.82, 2.24) is 14.0 Å². The highest BCUT2D eigenvalue weighted by atomic mass is 35.5. The lowest BCUT2D eigenvalue weighted by Crippen LogP contribution is -2.39. The molecule has 0 atom stereocenters. The molecule has 0 bridgehead atoms. The SMILES string of the molecule is CC(C)COc1ncc(Oc2cc(F)c(C(=O)NS(=O)(=O)N(C)C)cc2C#N)cc1Cl. The number of rotatable bonds is 8. The zero-order valence-electron chi connectivity index (χ0n) is 17.1. The van der Waals surface area contributed by atoms with Gasteiger partial charge in [-0.05, 0) is 12.0 Å². The Hall–Kier alpha value is -2.94. The Morgan fingerprint density at radius 1 is 1.35 bits per heavy atom. The summed E-state index contributed by atoms with van der Waals surface area (Å²) >= 11 is 6.12. The van der Waals surface area contributed by atoms with Crippen molar-refractivity contribution in [2.45, 2.75) is 13.8 Å². The number of nitrogens with one attached hydrogen (secondary N) is 1. The second-order valence-corrected chi connectivity index (χ2v) is 9.22. The summed E-state index contributed by atoms with van der Waals surface area (Å²) in [6.45, 7) is 4.33. The predicted molar refractivity (Wildman–Crippen MR) is 111 cm³/mol. The van der Waals surface area contributed by atoms with Crippen molar-refractivity contribution >= 4 is 27.7 Å². The van der Waals surface area contributed by atoms with Crippen molar-refractivity contribution in [3.8, 4) is 23.4 Å². The molecule has 2 rings (SSSR count). The number of halogens is 2. The number of amides is 1. The summed E-state index contributed by atoms with van der Waals surface area (Å²) in [6.07, 6.45) is 1.28. The number of hydrogen-bond donors (Lipinski definition) is 1. The van der Waals surface area contributed by atoms with E-state index in [4.69, 9.17) is 21.1 Å². The first-order chi connectivity index (χ1) is 14.4. The molecule has 0 aliphatic carbocycles. The lowest BCUT2D eigenvalue weighted by molar-refractivity contribution is 0.0975. The highest BCUT2D eigenvalue weighted by molar-refractivity contribution is 7.87. The number of carbonyl (C=O) groups is 1. The van der Waals surface area contributed by atoms with Crippen LogP contribution in [0, 0.1) is 23.1 Å². The fourth-order valence-electron chi connectivity index (χ4n) is 2.11. The van der Waals surface area contributed by atoms with Crippen molar-refractivity contribution < 1.29 is 27.1 Å². The van der Waals surface area contributed by atoms with E-state index in [-0.39, 0.29) is 33.9 Å². The average Bonchev–Trinajstić information content (AvgIpc) is 2.66. The first kappa shape index (κ1) is 24.3. The molecule has 1 amide bonds. The van der Waals surface area contributed by atoms with Gasteiger partial charge in [-0.3, -0.25) is 4.79 Å². The monoisotopic (exact) mass is 470 g/mol. The first-order valence-electron chi connectivity index (χ1n) is 8.89. The number of carbonyl (C=O) groups excluding carboxylic acids is 1. The van der Waals surface area contributed by atoms with Gasteiger partial charge in [-0.1, -0.05) is 25.4 Å². The highest BCUT2D eigenvalue weighted by Gasteiger charge is 2.23. The summed E-state index contributed by atoms with van der Waals surface area (Å²) in [5, 5.41) is 9.52. The van der Waals surface area contributed by atoms with Crippen LogP contribution in [0.25, 0.3) is 0 Å². The Balaban J connectivity index is 2.29.